The molecule has 0 unspecified atom stereocenters. The molecule has 0 spiro atoms. The van der Waals surface area contributed by atoms with E-state index in [9.17, 15) is 9.59 Å². The Hall–Kier alpha value is -3.80. The maximum atomic E-state index is 12.9. The smallest absolute Gasteiger partial charge is 0.255 e. The lowest BCUT2D eigenvalue weighted by Crippen LogP contribution is -2.16. The summed E-state index contributed by atoms with van der Waals surface area (Å²) in [6.45, 7) is 0. The molecule has 0 saturated heterocycles. The molecule has 0 aliphatic carbocycles. The largest absolute Gasteiger partial charge is 0.493 e. The Kier molecular flexibility index (Phi) is 6.70. The Morgan fingerprint density at radius 1 is 0.800 bits per heavy atom. The van der Waals surface area contributed by atoms with Gasteiger partial charge in [-0.1, -0.05) is 42.5 Å². The summed E-state index contributed by atoms with van der Waals surface area (Å²) in [6, 6.07) is 19.5. The fraction of sp³-hybridized carbons (Fsp3) is 0.167. The van der Waals surface area contributed by atoms with E-state index in [2.05, 4.69) is 5.32 Å². The Balaban J connectivity index is 1.87. The van der Waals surface area contributed by atoms with Gasteiger partial charge in [-0.3, -0.25) is 9.59 Å². The molecule has 0 atom stereocenters. The van der Waals surface area contributed by atoms with Crippen molar-refractivity contribution >= 4 is 17.4 Å². The van der Waals surface area contributed by atoms with Crippen LogP contribution in [0.2, 0.25) is 0 Å². The number of hydrogen-bond donors (Lipinski definition) is 1. The molecule has 6 nitrogen and oxygen atoms in total. The minimum Gasteiger partial charge on any atom is -0.493 e. The second kappa shape index (κ2) is 9.60. The summed E-state index contributed by atoms with van der Waals surface area (Å²) in [5, 5.41) is 2.82. The van der Waals surface area contributed by atoms with Crippen LogP contribution in [0.1, 0.15) is 26.3 Å². The third-order valence-electron chi connectivity index (χ3n) is 4.61. The monoisotopic (exact) mass is 405 g/mol. The lowest BCUT2D eigenvalue weighted by Gasteiger charge is -2.15. The summed E-state index contributed by atoms with van der Waals surface area (Å²) in [7, 11) is 4.46. The average molecular weight is 405 g/mol. The molecule has 0 aliphatic rings. The highest BCUT2D eigenvalue weighted by Gasteiger charge is 2.19. The maximum Gasteiger partial charge on any atom is 0.255 e. The average Bonchev–Trinajstić information content (AvgIpc) is 2.78. The second-order valence-corrected chi connectivity index (χ2v) is 6.50. The first-order chi connectivity index (χ1) is 14.6. The zero-order chi connectivity index (χ0) is 21.5. The van der Waals surface area contributed by atoms with Gasteiger partial charge in [-0.05, 0) is 29.8 Å². The van der Waals surface area contributed by atoms with Crippen molar-refractivity contribution in [2.75, 3.05) is 26.6 Å². The number of rotatable bonds is 8. The molecular weight excluding hydrogens is 382 g/mol. The van der Waals surface area contributed by atoms with E-state index in [0.717, 1.165) is 5.56 Å². The number of ketones is 1. The van der Waals surface area contributed by atoms with Gasteiger partial charge in [-0.25, -0.2) is 0 Å². The Morgan fingerprint density at radius 2 is 1.40 bits per heavy atom. The van der Waals surface area contributed by atoms with E-state index in [1.54, 1.807) is 36.4 Å². The molecule has 1 N–H and O–H groups in total. The standard InChI is InChI=1S/C24H23NO5/c1-28-21-14-17(15-22(29-2)23(21)30-3)24(27)25-19-12-8-7-11-18(19)20(26)13-16-9-5-4-6-10-16/h4-12,14-15H,13H2,1-3H3,(H,25,27). The lowest BCUT2D eigenvalue weighted by atomic mass is 10.0. The number of benzene rings is 3. The molecule has 0 aromatic heterocycles. The van der Waals surface area contributed by atoms with Crippen molar-refractivity contribution < 1.29 is 23.8 Å². The Bertz CT molecular complexity index is 1020. The third-order valence-corrected chi connectivity index (χ3v) is 4.61. The molecule has 0 aliphatic heterocycles. The van der Waals surface area contributed by atoms with Crippen LogP contribution in [-0.2, 0) is 6.42 Å². The van der Waals surface area contributed by atoms with Crippen molar-refractivity contribution in [2.45, 2.75) is 6.42 Å². The number of Topliss-reactive ketones (excluding diaryl/α,β-unsaturated/α-hetero) is 1. The molecule has 3 aromatic carbocycles. The molecule has 6 heteroatoms. The first kappa shape index (κ1) is 20.9. The first-order valence-corrected chi connectivity index (χ1v) is 9.35. The van der Waals surface area contributed by atoms with Crippen molar-refractivity contribution in [3.8, 4) is 17.2 Å². The normalized spacial score (nSPS) is 10.2. The number of hydrogen-bond acceptors (Lipinski definition) is 5. The number of carbonyl (C=O) groups excluding carboxylic acids is 2. The highest BCUT2D eigenvalue weighted by Crippen LogP contribution is 2.38. The van der Waals surface area contributed by atoms with Crippen LogP contribution in [0.5, 0.6) is 17.2 Å². The highest BCUT2D eigenvalue weighted by molar-refractivity contribution is 6.10. The summed E-state index contributed by atoms with van der Waals surface area (Å²) in [5.74, 6) is 0.664. The molecule has 3 aromatic rings. The summed E-state index contributed by atoms with van der Waals surface area (Å²) < 4.78 is 15.9. The first-order valence-electron chi connectivity index (χ1n) is 9.35. The molecule has 1 amide bonds. The topological polar surface area (TPSA) is 73.9 Å². The number of carbonyl (C=O) groups is 2. The number of amides is 1. The van der Waals surface area contributed by atoms with E-state index in [-0.39, 0.29) is 12.2 Å². The van der Waals surface area contributed by atoms with Crippen LogP contribution in [0, 0.1) is 0 Å². The van der Waals surface area contributed by atoms with E-state index >= 15 is 0 Å². The molecule has 0 bridgehead atoms. The fourth-order valence-electron chi connectivity index (χ4n) is 3.12. The van der Waals surface area contributed by atoms with Crippen LogP contribution in [0.3, 0.4) is 0 Å². The Morgan fingerprint density at radius 3 is 2.00 bits per heavy atom. The zero-order valence-corrected chi connectivity index (χ0v) is 17.1. The van der Waals surface area contributed by atoms with Crippen molar-refractivity contribution in [2.24, 2.45) is 0 Å². The van der Waals surface area contributed by atoms with Crippen LogP contribution in [-0.4, -0.2) is 33.0 Å². The van der Waals surface area contributed by atoms with Crippen molar-refractivity contribution in [1.82, 2.24) is 0 Å². The van der Waals surface area contributed by atoms with E-state index in [1.165, 1.54) is 21.3 Å². The van der Waals surface area contributed by atoms with Gasteiger partial charge in [0.25, 0.3) is 5.91 Å². The molecule has 0 heterocycles. The van der Waals surface area contributed by atoms with Crippen LogP contribution < -0.4 is 19.5 Å². The van der Waals surface area contributed by atoms with Crippen LogP contribution in [0.25, 0.3) is 0 Å². The number of para-hydroxylation sites is 1. The molecule has 0 saturated carbocycles. The number of anilines is 1. The number of methoxy groups -OCH3 is 3. The van der Waals surface area contributed by atoms with Gasteiger partial charge in [0.05, 0.1) is 27.0 Å². The van der Waals surface area contributed by atoms with E-state index in [4.69, 9.17) is 14.2 Å². The maximum absolute atomic E-state index is 12.9. The van der Waals surface area contributed by atoms with Crippen LogP contribution >= 0.6 is 0 Å². The van der Waals surface area contributed by atoms with Gasteiger partial charge in [0, 0.05) is 17.5 Å². The van der Waals surface area contributed by atoms with Crippen molar-refractivity contribution in [1.29, 1.82) is 0 Å². The molecule has 0 fully saturated rings. The van der Waals surface area contributed by atoms with Gasteiger partial charge >= 0.3 is 0 Å². The molecule has 0 radical (unpaired) electrons. The number of ether oxygens (including phenoxy) is 3. The summed E-state index contributed by atoms with van der Waals surface area (Å²) >= 11 is 0. The van der Waals surface area contributed by atoms with Crippen molar-refractivity contribution in [3.63, 3.8) is 0 Å². The van der Waals surface area contributed by atoms with Crippen LogP contribution in [0.4, 0.5) is 5.69 Å². The Labute approximate surface area is 175 Å². The minimum atomic E-state index is -0.394. The minimum absolute atomic E-state index is 0.0815. The summed E-state index contributed by atoms with van der Waals surface area (Å²) in [6.07, 6.45) is 0.248. The quantitative estimate of drug-likeness (QED) is 0.563. The predicted molar refractivity (Wildman–Crippen MR) is 115 cm³/mol. The summed E-state index contributed by atoms with van der Waals surface area (Å²) in [4.78, 5) is 25.7. The molecule has 30 heavy (non-hydrogen) atoms. The van der Waals surface area contributed by atoms with Crippen LogP contribution in [0.15, 0.2) is 66.7 Å². The predicted octanol–water partition coefficient (Wildman–Crippen LogP) is 4.39. The SMILES string of the molecule is COc1cc(C(=O)Nc2ccccc2C(=O)Cc2ccccc2)cc(OC)c1OC. The van der Waals surface area contributed by atoms with E-state index in [1.807, 2.05) is 30.3 Å². The lowest BCUT2D eigenvalue weighted by molar-refractivity contribution is 0.0994. The van der Waals surface area contributed by atoms with E-state index in [0.29, 0.717) is 34.1 Å². The second-order valence-electron chi connectivity index (χ2n) is 6.50. The van der Waals surface area contributed by atoms with Gasteiger partial charge in [0.15, 0.2) is 17.3 Å². The molecule has 154 valence electrons. The van der Waals surface area contributed by atoms with E-state index < -0.39 is 5.91 Å². The highest BCUT2D eigenvalue weighted by atomic mass is 16.5. The van der Waals surface area contributed by atoms with Gasteiger partial charge in [-0.2, -0.15) is 0 Å². The van der Waals surface area contributed by atoms with Gasteiger partial charge in [-0.15, -0.1) is 0 Å². The third kappa shape index (κ3) is 4.60. The molecule has 3 rings (SSSR count). The van der Waals surface area contributed by atoms with Crippen molar-refractivity contribution in [3.05, 3.63) is 83.4 Å². The molecular formula is C24H23NO5. The van der Waals surface area contributed by atoms with Gasteiger partial charge < -0.3 is 19.5 Å². The fourth-order valence-corrected chi connectivity index (χ4v) is 3.12. The summed E-state index contributed by atoms with van der Waals surface area (Å²) in [5.41, 5.74) is 2.11. The van der Waals surface area contributed by atoms with Gasteiger partial charge in [0.2, 0.25) is 5.75 Å². The van der Waals surface area contributed by atoms with Gasteiger partial charge in [0.1, 0.15) is 0 Å². The zero-order valence-electron chi connectivity index (χ0n) is 17.1. The number of nitrogens with one attached hydrogen (secondary N) is 1.